The van der Waals surface area contributed by atoms with Crippen LogP contribution in [0.3, 0.4) is 0 Å². The minimum Gasteiger partial charge on any atom is -0.507 e. The maximum Gasteiger partial charge on any atom is 0.232 e. The number of aromatic hydroxyl groups is 1. The zero-order valence-corrected chi connectivity index (χ0v) is 18.1. The fraction of sp³-hybridized carbons (Fsp3) is 0.346. The molecule has 2 atom stereocenters. The SMILES string of the molecule is Cc1cc(O)c(CN2C[C@@H](C)C[C@H](C)C2)c2c1C(=O)C(=Cc1cc3ccccc3o1)O2. The maximum atomic E-state index is 13.2. The molecule has 0 saturated carbocycles. The number of furan rings is 1. The number of para-hydroxylation sites is 1. The van der Waals surface area contributed by atoms with Gasteiger partial charge in [0.05, 0.1) is 11.1 Å². The van der Waals surface area contributed by atoms with Gasteiger partial charge in [-0.15, -0.1) is 0 Å². The number of benzene rings is 2. The fourth-order valence-corrected chi connectivity index (χ4v) is 5.08. The third kappa shape index (κ3) is 3.63. The summed E-state index contributed by atoms with van der Waals surface area (Å²) in [6.45, 7) is 8.86. The van der Waals surface area contributed by atoms with E-state index in [2.05, 4.69) is 18.7 Å². The number of piperidine rings is 1. The van der Waals surface area contributed by atoms with Gasteiger partial charge in [0.1, 0.15) is 22.8 Å². The summed E-state index contributed by atoms with van der Waals surface area (Å²) in [4.78, 5) is 15.5. The van der Waals surface area contributed by atoms with Crippen LogP contribution in [0, 0.1) is 18.8 Å². The maximum absolute atomic E-state index is 13.2. The summed E-state index contributed by atoms with van der Waals surface area (Å²) >= 11 is 0. The van der Waals surface area contributed by atoms with Gasteiger partial charge in [-0.3, -0.25) is 9.69 Å². The summed E-state index contributed by atoms with van der Waals surface area (Å²) in [6, 6.07) is 11.3. The second-order valence-electron chi connectivity index (χ2n) is 9.16. The van der Waals surface area contributed by atoms with Gasteiger partial charge < -0.3 is 14.3 Å². The Kier molecular flexibility index (Phi) is 4.86. The van der Waals surface area contributed by atoms with Gasteiger partial charge >= 0.3 is 0 Å². The smallest absolute Gasteiger partial charge is 0.232 e. The van der Waals surface area contributed by atoms with Gasteiger partial charge in [-0.25, -0.2) is 0 Å². The average molecular weight is 418 g/mol. The summed E-state index contributed by atoms with van der Waals surface area (Å²) in [7, 11) is 0. The van der Waals surface area contributed by atoms with Crippen LogP contribution in [0.25, 0.3) is 17.0 Å². The van der Waals surface area contributed by atoms with Gasteiger partial charge in [0.2, 0.25) is 5.78 Å². The Labute approximate surface area is 181 Å². The van der Waals surface area contributed by atoms with E-state index in [9.17, 15) is 9.90 Å². The van der Waals surface area contributed by atoms with Crippen LogP contribution >= 0.6 is 0 Å². The predicted octanol–water partition coefficient (Wildman–Crippen LogP) is 5.54. The molecule has 3 aromatic rings. The number of ether oxygens (including phenoxy) is 1. The number of phenolic OH excluding ortho intramolecular Hbond substituents is 1. The Morgan fingerprint density at radius 2 is 1.90 bits per heavy atom. The topological polar surface area (TPSA) is 62.9 Å². The predicted molar refractivity (Wildman–Crippen MR) is 120 cm³/mol. The first-order valence-corrected chi connectivity index (χ1v) is 10.9. The molecule has 1 aromatic heterocycles. The number of nitrogens with zero attached hydrogens (tertiary/aromatic N) is 1. The first-order valence-electron chi connectivity index (χ1n) is 10.9. The highest BCUT2D eigenvalue weighted by atomic mass is 16.5. The van der Waals surface area contributed by atoms with E-state index in [4.69, 9.17) is 9.15 Å². The van der Waals surface area contributed by atoms with Crippen LogP contribution in [0.2, 0.25) is 0 Å². The molecule has 0 bridgehead atoms. The number of ketones is 1. The van der Waals surface area contributed by atoms with E-state index in [1.54, 1.807) is 12.1 Å². The van der Waals surface area contributed by atoms with Crippen molar-refractivity contribution in [3.63, 3.8) is 0 Å². The van der Waals surface area contributed by atoms with Gasteiger partial charge in [-0.2, -0.15) is 0 Å². The standard InChI is InChI=1S/C26H27NO4/c1-15-8-16(2)13-27(12-15)14-20-21(28)9-17(3)24-25(29)23(31-26(20)24)11-19-10-18-6-4-5-7-22(18)30-19/h4-7,9-11,15-16,28H,8,12-14H2,1-3H3/t15-,16-/m0/s1. The quantitative estimate of drug-likeness (QED) is 0.567. The zero-order valence-electron chi connectivity index (χ0n) is 18.1. The molecule has 2 aromatic carbocycles. The summed E-state index contributed by atoms with van der Waals surface area (Å²) in [5, 5.41) is 11.7. The molecule has 0 aliphatic carbocycles. The Morgan fingerprint density at radius 3 is 2.65 bits per heavy atom. The molecule has 160 valence electrons. The lowest BCUT2D eigenvalue weighted by Gasteiger charge is -2.35. The summed E-state index contributed by atoms with van der Waals surface area (Å²) in [6.07, 6.45) is 2.86. The second kappa shape index (κ2) is 7.57. The molecule has 1 N–H and O–H groups in total. The molecule has 0 spiro atoms. The van der Waals surface area contributed by atoms with Crippen LogP contribution < -0.4 is 4.74 Å². The molecule has 5 heteroatoms. The van der Waals surface area contributed by atoms with Crippen molar-refractivity contribution in [3.8, 4) is 11.5 Å². The van der Waals surface area contributed by atoms with E-state index < -0.39 is 0 Å². The molecule has 0 unspecified atom stereocenters. The van der Waals surface area contributed by atoms with E-state index in [-0.39, 0.29) is 17.3 Å². The number of hydrogen-bond acceptors (Lipinski definition) is 5. The van der Waals surface area contributed by atoms with Crippen LogP contribution in [0.1, 0.15) is 47.5 Å². The highest BCUT2D eigenvalue weighted by Gasteiger charge is 2.34. The summed E-state index contributed by atoms with van der Waals surface area (Å²) in [5.41, 5.74) is 2.70. The molecule has 5 rings (SSSR count). The van der Waals surface area contributed by atoms with Gasteiger partial charge in [0.25, 0.3) is 0 Å². The zero-order chi connectivity index (χ0) is 21.7. The molecule has 2 aliphatic heterocycles. The average Bonchev–Trinajstić information content (AvgIpc) is 3.25. The van der Waals surface area contributed by atoms with Crippen molar-refractivity contribution in [3.05, 3.63) is 64.6 Å². The van der Waals surface area contributed by atoms with Crippen molar-refractivity contribution in [1.82, 2.24) is 4.90 Å². The van der Waals surface area contributed by atoms with Crippen LogP contribution in [0.4, 0.5) is 0 Å². The van der Waals surface area contributed by atoms with Crippen molar-refractivity contribution < 1.29 is 19.1 Å². The molecule has 3 heterocycles. The molecule has 1 saturated heterocycles. The second-order valence-corrected chi connectivity index (χ2v) is 9.16. The van der Waals surface area contributed by atoms with Crippen LogP contribution in [-0.4, -0.2) is 28.9 Å². The highest BCUT2D eigenvalue weighted by Crippen LogP contribution is 2.43. The van der Waals surface area contributed by atoms with Crippen molar-refractivity contribution >= 4 is 22.8 Å². The van der Waals surface area contributed by atoms with Crippen LogP contribution in [-0.2, 0) is 6.54 Å². The molecule has 1 fully saturated rings. The van der Waals surface area contributed by atoms with Crippen molar-refractivity contribution in [2.45, 2.75) is 33.7 Å². The lowest BCUT2D eigenvalue weighted by Crippen LogP contribution is -2.38. The largest absolute Gasteiger partial charge is 0.507 e. The number of hydrogen-bond donors (Lipinski definition) is 1. The molecule has 5 nitrogen and oxygen atoms in total. The molecule has 2 aliphatic rings. The van der Waals surface area contributed by atoms with Crippen LogP contribution in [0.15, 0.2) is 46.6 Å². The minimum absolute atomic E-state index is 0.172. The number of fused-ring (bicyclic) bond motifs is 2. The monoisotopic (exact) mass is 417 g/mol. The Balaban J connectivity index is 1.50. The van der Waals surface area contributed by atoms with Crippen molar-refractivity contribution in [1.29, 1.82) is 0 Å². The highest BCUT2D eigenvalue weighted by molar-refractivity contribution is 6.15. The Hall–Kier alpha value is -3.05. The van der Waals surface area contributed by atoms with E-state index in [0.717, 1.165) is 29.6 Å². The molecule has 0 amide bonds. The first kappa shape index (κ1) is 19.9. The number of allylic oxidation sites excluding steroid dienone is 1. The Morgan fingerprint density at radius 1 is 1.16 bits per heavy atom. The third-order valence-corrected chi connectivity index (χ3v) is 6.26. The van der Waals surface area contributed by atoms with E-state index in [1.165, 1.54) is 6.42 Å². The van der Waals surface area contributed by atoms with E-state index >= 15 is 0 Å². The number of likely N-dealkylation sites (tertiary alicyclic amines) is 1. The van der Waals surface area contributed by atoms with E-state index in [1.807, 2.05) is 37.3 Å². The van der Waals surface area contributed by atoms with Gasteiger partial charge in [0.15, 0.2) is 5.76 Å². The third-order valence-electron chi connectivity index (χ3n) is 6.26. The number of phenols is 1. The van der Waals surface area contributed by atoms with Crippen LogP contribution in [0.5, 0.6) is 11.5 Å². The first-order chi connectivity index (χ1) is 14.9. The molecule has 31 heavy (non-hydrogen) atoms. The van der Waals surface area contributed by atoms with E-state index in [0.29, 0.717) is 41.0 Å². The number of carbonyl (C=O) groups excluding carboxylic acids is 1. The van der Waals surface area contributed by atoms with Crippen molar-refractivity contribution in [2.24, 2.45) is 11.8 Å². The lowest BCUT2D eigenvalue weighted by atomic mass is 9.91. The number of aryl methyl sites for hydroxylation is 1. The molecule has 0 radical (unpaired) electrons. The fourth-order valence-electron chi connectivity index (χ4n) is 5.08. The Bertz CT molecular complexity index is 1160. The normalized spacial score (nSPS) is 22.8. The van der Waals surface area contributed by atoms with Gasteiger partial charge in [-0.05, 0) is 48.9 Å². The number of rotatable bonds is 3. The summed E-state index contributed by atoms with van der Waals surface area (Å²) < 4.78 is 11.9. The number of carbonyl (C=O) groups is 1. The lowest BCUT2D eigenvalue weighted by molar-refractivity contribution is 0.101. The minimum atomic E-state index is -0.172. The van der Waals surface area contributed by atoms with Gasteiger partial charge in [-0.1, -0.05) is 32.0 Å². The van der Waals surface area contributed by atoms with Gasteiger partial charge in [0, 0.05) is 31.1 Å². The molecular weight excluding hydrogens is 390 g/mol. The summed E-state index contributed by atoms with van der Waals surface area (Å²) in [5.74, 6) is 2.50. The van der Waals surface area contributed by atoms with Crippen molar-refractivity contribution in [2.75, 3.05) is 13.1 Å². The number of Topliss-reactive ketones (excluding diaryl/α,β-unsaturated/α-hetero) is 1. The molecular formula is C26H27NO4.